The van der Waals surface area contributed by atoms with Gasteiger partial charge >= 0.3 is 5.97 Å². The summed E-state index contributed by atoms with van der Waals surface area (Å²) in [4.78, 5) is 13.5. The van der Waals surface area contributed by atoms with E-state index in [2.05, 4.69) is 17.1 Å². The predicted molar refractivity (Wildman–Crippen MR) is 49.0 cm³/mol. The van der Waals surface area contributed by atoms with Gasteiger partial charge in [0.05, 0.1) is 7.11 Å². The number of ether oxygens (including phenoxy) is 1. The molecular weight excluding hydrogens is 166 g/mol. The zero-order valence-corrected chi connectivity index (χ0v) is 7.69. The van der Waals surface area contributed by atoms with Gasteiger partial charge in [-0.15, -0.1) is 0 Å². The number of hydrogen-bond donors (Lipinski definition) is 0. The molecule has 0 N–H and O–H groups in total. The third-order valence-corrected chi connectivity index (χ3v) is 2.62. The first-order chi connectivity index (χ1) is 6.33. The molecule has 1 atom stereocenters. The molecule has 3 heteroatoms. The number of nitrogens with zero attached hydrogens (tertiary/aromatic N) is 1. The Balaban J connectivity index is 2.14. The Labute approximate surface area is 77.7 Å². The maximum Gasteiger partial charge on any atom is 0.328 e. The number of allylic oxidation sites excluding steroid dienone is 3. The Morgan fingerprint density at radius 3 is 3.31 bits per heavy atom. The van der Waals surface area contributed by atoms with Crippen molar-refractivity contribution in [3.63, 3.8) is 0 Å². The van der Waals surface area contributed by atoms with E-state index in [-0.39, 0.29) is 12.0 Å². The molecule has 0 spiro atoms. The SMILES string of the molecule is COC(=O)C1CCC2=CC=CCN21. The molecular formula is C10H13NO2. The highest BCUT2D eigenvalue weighted by molar-refractivity contribution is 5.76. The maximum absolute atomic E-state index is 11.4. The zero-order chi connectivity index (χ0) is 9.26. The first-order valence-electron chi connectivity index (χ1n) is 4.53. The van der Waals surface area contributed by atoms with Gasteiger partial charge in [0, 0.05) is 12.2 Å². The van der Waals surface area contributed by atoms with E-state index in [9.17, 15) is 4.79 Å². The van der Waals surface area contributed by atoms with E-state index in [1.807, 2.05) is 6.08 Å². The minimum absolute atomic E-state index is 0.0544. The van der Waals surface area contributed by atoms with E-state index >= 15 is 0 Å². The predicted octanol–water partition coefficient (Wildman–Crippen LogP) is 1.08. The summed E-state index contributed by atoms with van der Waals surface area (Å²) in [7, 11) is 1.45. The molecule has 2 aliphatic heterocycles. The van der Waals surface area contributed by atoms with Crippen LogP contribution in [-0.4, -0.2) is 30.6 Å². The number of rotatable bonds is 1. The Morgan fingerprint density at radius 2 is 2.54 bits per heavy atom. The van der Waals surface area contributed by atoms with Crippen LogP contribution >= 0.6 is 0 Å². The van der Waals surface area contributed by atoms with Crippen LogP contribution in [0.2, 0.25) is 0 Å². The lowest BCUT2D eigenvalue weighted by Crippen LogP contribution is -2.36. The fourth-order valence-corrected chi connectivity index (χ4v) is 1.94. The van der Waals surface area contributed by atoms with Crippen LogP contribution in [0, 0.1) is 0 Å². The number of hydrogen-bond acceptors (Lipinski definition) is 3. The average molecular weight is 179 g/mol. The monoisotopic (exact) mass is 179 g/mol. The standard InChI is InChI=1S/C10H13NO2/c1-13-10(12)9-6-5-8-4-2-3-7-11(8)9/h2-4,9H,5-7H2,1H3. The molecule has 0 aromatic carbocycles. The number of carbonyl (C=O) groups excluding carboxylic acids is 1. The molecule has 2 heterocycles. The molecule has 1 fully saturated rings. The smallest absolute Gasteiger partial charge is 0.328 e. The summed E-state index contributed by atoms with van der Waals surface area (Å²) in [5.41, 5.74) is 1.26. The second kappa shape index (κ2) is 3.24. The molecule has 0 saturated carbocycles. The molecule has 0 aromatic rings. The molecule has 1 saturated heterocycles. The fraction of sp³-hybridized carbons (Fsp3) is 0.500. The van der Waals surface area contributed by atoms with Crippen molar-refractivity contribution in [2.75, 3.05) is 13.7 Å². The summed E-state index contributed by atoms with van der Waals surface area (Å²) in [6, 6.07) is -0.0544. The largest absolute Gasteiger partial charge is 0.467 e. The minimum atomic E-state index is -0.112. The Hall–Kier alpha value is -1.25. The van der Waals surface area contributed by atoms with Gasteiger partial charge in [-0.3, -0.25) is 0 Å². The van der Waals surface area contributed by atoms with Crippen LogP contribution in [0.15, 0.2) is 23.9 Å². The second-order valence-electron chi connectivity index (χ2n) is 3.32. The van der Waals surface area contributed by atoms with Gasteiger partial charge in [-0.2, -0.15) is 0 Å². The van der Waals surface area contributed by atoms with Crippen LogP contribution < -0.4 is 0 Å². The molecule has 0 aromatic heterocycles. The number of methoxy groups -OCH3 is 1. The Bertz CT molecular complexity index is 281. The lowest BCUT2D eigenvalue weighted by Gasteiger charge is -2.26. The fourth-order valence-electron chi connectivity index (χ4n) is 1.94. The van der Waals surface area contributed by atoms with E-state index in [1.54, 1.807) is 0 Å². The molecule has 3 nitrogen and oxygen atoms in total. The summed E-state index contributed by atoms with van der Waals surface area (Å²) < 4.78 is 4.75. The molecule has 70 valence electrons. The normalized spacial score (nSPS) is 25.5. The van der Waals surface area contributed by atoms with Crippen molar-refractivity contribution in [1.82, 2.24) is 4.90 Å². The summed E-state index contributed by atoms with van der Waals surface area (Å²) in [5.74, 6) is -0.112. The van der Waals surface area contributed by atoms with Gasteiger partial charge in [0.2, 0.25) is 0 Å². The highest BCUT2D eigenvalue weighted by Gasteiger charge is 2.33. The van der Waals surface area contributed by atoms with Crippen LogP contribution in [0.25, 0.3) is 0 Å². The Morgan fingerprint density at radius 1 is 1.69 bits per heavy atom. The van der Waals surface area contributed by atoms with Gasteiger partial charge < -0.3 is 9.64 Å². The van der Waals surface area contributed by atoms with Crippen molar-refractivity contribution >= 4 is 5.97 Å². The van der Waals surface area contributed by atoms with Crippen molar-refractivity contribution in [3.8, 4) is 0 Å². The number of esters is 1. The van der Waals surface area contributed by atoms with E-state index < -0.39 is 0 Å². The lowest BCUT2D eigenvalue weighted by atomic mass is 10.2. The molecule has 2 rings (SSSR count). The molecule has 2 aliphatic rings. The highest BCUT2D eigenvalue weighted by atomic mass is 16.5. The lowest BCUT2D eigenvalue weighted by molar-refractivity contribution is -0.145. The summed E-state index contributed by atoms with van der Waals surface area (Å²) >= 11 is 0. The third kappa shape index (κ3) is 1.34. The van der Waals surface area contributed by atoms with Gasteiger partial charge in [0.15, 0.2) is 0 Å². The second-order valence-corrected chi connectivity index (χ2v) is 3.32. The quantitative estimate of drug-likeness (QED) is 0.564. The van der Waals surface area contributed by atoms with E-state index in [0.29, 0.717) is 0 Å². The first kappa shape index (κ1) is 8.35. The van der Waals surface area contributed by atoms with Gasteiger partial charge in [0.25, 0.3) is 0 Å². The summed E-state index contributed by atoms with van der Waals surface area (Å²) in [6.07, 6.45) is 8.06. The van der Waals surface area contributed by atoms with Gasteiger partial charge in [-0.1, -0.05) is 12.2 Å². The van der Waals surface area contributed by atoms with Crippen LogP contribution in [0.3, 0.4) is 0 Å². The van der Waals surface area contributed by atoms with Crippen molar-refractivity contribution in [2.24, 2.45) is 0 Å². The topological polar surface area (TPSA) is 29.5 Å². The van der Waals surface area contributed by atoms with Crippen molar-refractivity contribution in [2.45, 2.75) is 18.9 Å². The van der Waals surface area contributed by atoms with E-state index in [0.717, 1.165) is 19.4 Å². The van der Waals surface area contributed by atoms with Crippen molar-refractivity contribution in [3.05, 3.63) is 23.9 Å². The zero-order valence-electron chi connectivity index (χ0n) is 7.69. The van der Waals surface area contributed by atoms with Crippen LogP contribution in [0.5, 0.6) is 0 Å². The summed E-state index contributed by atoms with van der Waals surface area (Å²) in [5, 5.41) is 0. The van der Waals surface area contributed by atoms with Crippen molar-refractivity contribution in [1.29, 1.82) is 0 Å². The van der Waals surface area contributed by atoms with Gasteiger partial charge in [-0.25, -0.2) is 4.79 Å². The van der Waals surface area contributed by atoms with Gasteiger partial charge in [-0.05, 0) is 18.9 Å². The number of fused-ring (bicyclic) bond motifs is 1. The number of carbonyl (C=O) groups is 1. The summed E-state index contributed by atoms with van der Waals surface area (Å²) in [6.45, 7) is 0.839. The molecule has 0 bridgehead atoms. The van der Waals surface area contributed by atoms with E-state index in [1.165, 1.54) is 12.8 Å². The van der Waals surface area contributed by atoms with Crippen LogP contribution in [0.4, 0.5) is 0 Å². The van der Waals surface area contributed by atoms with E-state index in [4.69, 9.17) is 4.74 Å². The molecule has 13 heavy (non-hydrogen) atoms. The molecule has 0 aliphatic carbocycles. The molecule has 0 radical (unpaired) electrons. The van der Waals surface area contributed by atoms with Crippen molar-refractivity contribution < 1.29 is 9.53 Å². The van der Waals surface area contributed by atoms with Crippen LogP contribution in [-0.2, 0) is 9.53 Å². The minimum Gasteiger partial charge on any atom is -0.467 e. The Kier molecular flexibility index (Phi) is 2.08. The average Bonchev–Trinajstić information content (AvgIpc) is 2.60. The first-order valence-corrected chi connectivity index (χ1v) is 4.53. The van der Waals surface area contributed by atoms with Crippen LogP contribution in [0.1, 0.15) is 12.8 Å². The van der Waals surface area contributed by atoms with Gasteiger partial charge in [0.1, 0.15) is 6.04 Å². The third-order valence-electron chi connectivity index (χ3n) is 2.62. The maximum atomic E-state index is 11.4. The highest BCUT2D eigenvalue weighted by Crippen LogP contribution is 2.29. The molecule has 1 unspecified atom stereocenters. The molecule has 0 amide bonds.